The van der Waals surface area contributed by atoms with Crippen LogP contribution in [0.3, 0.4) is 0 Å². The zero-order valence-corrected chi connectivity index (χ0v) is 13.6. The lowest BCUT2D eigenvalue weighted by Crippen LogP contribution is -2.15. The first-order valence-electron chi connectivity index (χ1n) is 7.20. The summed E-state index contributed by atoms with van der Waals surface area (Å²) in [7, 11) is 0. The fraction of sp³-hybridized carbons (Fsp3) is 0.235. The lowest BCUT2D eigenvalue weighted by Gasteiger charge is -2.17. The molecule has 0 radical (unpaired) electrons. The molecule has 118 valence electrons. The summed E-state index contributed by atoms with van der Waals surface area (Å²) in [6.45, 7) is 3.41. The molecule has 0 amide bonds. The number of hydrogen-bond acceptors (Lipinski definition) is 4. The van der Waals surface area contributed by atoms with Crippen molar-refractivity contribution in [2.75, 3.05) is 0 Å². The van der Waals surface area contributed by atoms with E-state index in [1.807, 2.05) is 0 Å². The van der Waals surface area contributed by atoms with E-state index in [4.69, 9.17) is 11.6 Å². The zero-order chi connectivity index (χ0) is 16.6. The first kappa shape index (κ1) is 15.6. The summed E-state index contributed by atoms with van der Waals surface area (Å²) in [6, 6.07) is 10.3. The highest BCUT2D eigenvalue weighted by Crippen LogP contribution is 2.20. The number of aliphatic hydroxyl groups is 1. The van der Waals surface area contributed by atoms with E-state index in [1.165, 1.54) is 4.52 Å². The number of benzene rings is 1. The molecule has 3 rings (SSSR count). The van der Waals surface area contributed by atoms with Crippen LogP contribution >= 0.6 is 11.6 Å². The summed E-state index contributed by atoms with van der Waals surface area (Å²) in [5, 5.41) is 14.4. The average molecular weight is 330 g/mol. The van der Waals surface area contributed by atoms with E-state index in [2.05, 4.69) is 10.1 Å². The molecule has 1 aromatic carbocycles. The predicted molar refractivity (Wildman–Crippen MR) is 87.7 cm³/mol. The third-order valence-corrected chi connectivity index (χ3v) is 3.89. The first-order valence-corrected chi connectivity index (χ1v) is 7.58. The Hall–Kier alpha value is -2.24. The minimum absolute atomic E-state index is 0.0558. The van der Waals surface area contributed by atoms with E-state index < -0.39 is 5.60 Å². The minimum Gasteiger partial charge on any atom is -0.386 e. The van der Waals surface area contributed by atoms with Gasteiger partial charge in [0.2, 0.25) is 0 Å². The van der Waals surface area contributed by atoms with E-state index in [0.717, 1.165) is 5.56 Å². The van der Waals surface area contributed by atoms with Crippen molar-refractivity contribution in [1.29, 1.82) is 0 Å². The van der Waals surface area contributed by atoms with E-state index in [1.54, 1.807) is 56.4 Å². The smallest absolute Gasteiger partial charge is 0.168 e. The number of Topliss-reactive ketones (excluding diaryl/α,β-unsaturated/α-hetero) is 1. The Morgan fingerprint density at radius 2 is 1.96 bits per heavy atom. The number of hydrogen-bond donors (Lipinski definition) is 1. The van der Waals surface area contributed by atoms with Crippen molar-refractivity contribution < 1.29 is 9.90 Å². The fourth-order valence-corrected chi connectivity index (χ4v) is 2.60. The molecule has 2 aromatic heterocycles. The Morgan fingerprint density at radius 1 is 1.26 bits per heavy atom. The van der Waals surface area contributed by atoms with Crippen molar-refractivity contribution >= 4 is 23.0 Å². The van der Waals surface area contributed by atoms with Crippen LogP contribution in [0.2, 0.25) is 5.15 Å². The van der Waals surface area contributed by atoms with E-state index in [-0.39, 0.29) is 12.2 Å². The van der Waals surface area contributed by atoms with Gasteiger partial charge in [0, 0.05) is 11.6 Å². The molecule has 0 bridgehead atoms. The third-order valence-electron chi connectivity index (χ3n) is 3.62. The highest BCUT2D eigenvalue weighted by atomic mass is 35.5. The van der Waals surface area contributed by atoms with Gasteiger partial charge in [0.25, 0.3) is 0 Å². The summed E-state index contributed by atoms with van der Waals surface area (Å²) in [5.41, 5.74) is 1.61. The monoisotopic (exact) mass is 329 g/mol. The predicted octanol–water partition coefficient (Wildman–Crippen LogP) is 3.04. The second kappa shape index (κ2) is 5.76. The molecule has 0 unspecified atom stereocenters. The van der Waals surface area contributed by atoms with Crippen LogP contribution < -0.4 is 0 Å². The second-order valence-electron chi connectivity index (χ2n) is 5.91. The molecule has 6 heteroatoms. The Bertz CT molecular complexity index is 864. The van der Waals surface area contributed by atoms with Crippen molar-refractivity contribution in [2.24, 2.45) is 0 Å². The summed E-state index contributed by atoms with van der Waals surface area (Å²) in [6.07, 6.45) is 1.76. The largest absolute Gasteiger partial charge is 0.386 e. The number of nitrogens with zero attached hydrogens (tertiary/aromatic N) is 3. The van der Waals surface area contributed by atoms with Crippen molar-refractivity contribution in [2.45, 2.75) is 25.9 Å². The van der Waals surface area contributed by atoms with Gasteiger partial charge in [0.15, 0.2) is 11.4 Å². The van der Waals surface area contributed by atoms with Gasteiger partial charge in [-0.25, -0.2) is 9.50 Å². The molecule has 0 aliphatic rings. The quantitative estimate of drug-likeness (QED) is 0.590. The van der Waals surface area contributed by atoms with Crippen molar-refractivity contribution in [3.05, 3.63) is 64.6 Å². The third kappa shape index (κ3) is 3.25. The second-order valence-corrected chi connectivity index (χ2v) is 6.29. The van der Waals surface area contributed by atoms with Crippen LogP contribution in [0, 0.1) is 0 Å². The van der Waals surface area contributed by atoms with Gasteiger partial charge >= 0.3 is 0 Å². The SMILES string of the molecule is CC(C)(O)c1ccc(C(=O)Cc2cc(Cl)n3nccc3n2)cc1. The maximum Gasteiger partial charge on any atom is 0.168 e. The van der Waals surface area contributed by atoms with Crippen molar-refractivity contribution in [3.8, 4) is 0 Å². The van der Waals surface area contributed by atoms with Gasteiger partial charge in [-0.2, -0.15) is 5.10 Å². The highest BCUT2D eigenvalue weighted by molar-refractivity contribution is 6.29. The molecule has 5 nitrogen and oxygen atoms in total. The molecule has 1 N–H and O–H groups in total. The Balaban J connectivity index is 1.82. The Labute approximate surface area is 138 Å². The first-order chi connectivity index (χ1) is 10.8. The summed E-state index contributed by atoms with van der Waals surface area (Å²) in [5.74, 6) is -0.0558. The van der Waals surface area contributed by atoms with Gasteiger partial charge < -0.3 is 5.11 Å². The number of aromatic nitrogens is 3. The molecule has 0 saturated carbocycles. The van der Waals surface area contributed by atoms with E-state index in [0.29, 0.717) is 22.1 Å². The molecule has 0 aliphatic heterocycles. The average Bonchev–Trinajstić information content (AvgIpc) is 2.95. The maximum atomic E-state index is 12.4. The lowest BCUT2D eigenvalue weighted by atomic mass is 9.96. The van der Waals surface area contributed by atoms with E-state index >= 15 is 0 Å². The molecule has 3 aromatic rings. The van der Waals surface area contributed by atoms with Crippen LogP contribution in [0.15, 0.2) is 42.6 Å². The summed E-state index contributed by atoms with van der Waals surface area (Å²) in [4.78, 5) is 16.8. The van der Waals surface area contributed by atoms with Crippen molar-refractivity contribution in [3.63, 3.8) is 0 Å². The van der Waals surface area contributed by atoms with Gasteiger partial charge in [-0.3, -0.25) is 4.79 Å². The highest BCUT2D eigenvalue weighted by Gasteiger charge is 2.17. The van der Waals surface area contributed by atoms with Gasteiger partial charge in [-0.1, -0.05) is 35.9 Å². The number of ketones is 1. The topological polar surface area (TPSA) is 67.5 Å². The number of carbonyl (C=O) groups excluding carboxylic acids is 1. The number of halogens is 1. The maximum absolute atomic E-state index is 12.4. The van der Waals surface area contributed by atoms with E-state index in [9.17, 15) is 9.90 Å². The standard InChI is InChI=1S/C17H16ClN3O2/c1-17(2,23)12-5-3-11(4-6-12)14(22)9-13-10-15(18)21-16(20-13)7-8-19-21/h3-8,10,23H,9H2,1-2H3. The molecule has 23 heavy (non-hydrogen) atoms. The van der Waals surface area contributed by atoms with Crippen molar-refractivity contribution in [1.82, 2.24) is 14.6 Å². The van der Waals surface area contributed by atoms with Gasteiger partial charge in [-0.05, 0) is 25.5 Å². The van der Waals surface area contributed by atoms with Gasteiger partial charge in [0.05, 0.1) is 23.9 Å². The molecule has 0 spiro atoms. The minimum atomic E-state index is -0.927. The normalized spacial score (nSPS) is 11.8. The van der Waals surface area contributed by atoms with Gasteiger partial charge in [0.1, 0.15) is 5.15 Å². The number of carbonyl (C=O) groups is 1. The molecule has 0 saturated heterocycles. The molecule has 0 aliphatic carbocycles. The van der Waals surface area contributed by atoms with Crippen LogP contribution in [-0.4, -0.2) is 25.5 Å². The lowest BCUT2D eigenvalue weighted by molar-refractivity contribution is 0.0784. The Morgan fingerprint density at radius 3 is 2.61 bits per heavy atom. The van der Waals surface area contributed by atoms with Crippen LogP contribution in [0.1, 0.15) is 35.5 Å². The number of rotatable bonds is 4. The summed E-state index contributed by atoms with van der Waals surface area (Å²) >= 11 is 6.13. The fourth-order valence-electron chi connectivity index (χ4n) is 2.34. The zero-order valence-electron chi connectivity index (χ0n) is 12.8. The molecule has 0 atom stereocenters. The van der Waals surface area contributed by atoms with Crippen LogP contribution in [0.25, 0.3) is 5.65 Å². The van der Waals surface area contributed by atoms with Gasteiger partial charge in [-0.15, -0.1) is 0 Å². The molecule has 2 heterocycles. The number of fused-ring (bicyclic) bond motifs is 1. The molecule has 0 fully saturated rings. The molecular formula is C17H16ClN3O2. The van der Waals surface area contributed by atoms with Crippen LogP contribution in [0.4, 0.5) is 0 Å². The van der Waals surface area contributed by atoms with Crippen LogP contribution in [0.5, 0.6) is 0 Å². The summed E-state index contributed by atoms with van der Waals surface area (Å²) < 4.78 is 1.51. The van der Waals surface area contributed by atoms with Crippen LogP contribution in [-0.2, 0) is 12.0 Å². The molecular weight excluding hydrogens is 314 g/mol. The Kier molecular flexibility index (Phi) is 3.92.